The Morgan fingerprint density at radius 2 is 2.00 bits per heavy atom. The largest absolute Gasteiger partial charge is 0.459 e. The normalized spacial score (nSPS) is 12.2. The van der Waals surface area contributed by atoms with Crippen molar-refractivity contribution in [1.82, 2.24) is 4.90 Å². The SMILES string of the molecule is C=CCN(Cc1oc2ccccc2c1CN)C(C)(C)C. The lowest BCUT2D eigenvalue weighted by Gasteiger charge is -2.34. The van der Waals surface area contributed by atoms with Gasteiger partial charge in [-0.05, 0) is 26.8 Å². The summed E-state index contributed by atoms with van der Waals surface area (Å²) in [4.78, 5) is 2.33. The van der Waals surface area contributed by atoms with E-state index in [1.165, 1.54) is 0 Å². The molecule has 0 unspecified atom stereocenters. The summed E-state index contributed by atoms with van der Waals surface area (Å²) in [5.41, 5.74) is 8.00. The van der Waals surface area contributed by atoms with Crippen molar-refractivity contribution < 1.29 is 4.42 Å². The van der Waals surface area contributed by atoms with E-state index in [4.69, 9.17) is 10.2 Å². The van der Waals surface area contributed by atoms with E-state index in [1.807, 2.05) is 24.3 Å². The van der Waals surface area contributed by atoms with E-state index in [0.29, 0.717) is 6.54 Å². The van der Waals surface area contributed by atoms with Crippen LogP contribution in [0.1, 0.15) is 32.1 Å². The average Bonchev–Trinajstić information content (AvgIpc) is 2.74. The molecule has 1 aromatic heterocycles. The minimum atomic E-state index is 0.0546. The molecule has 0 saturated heterocycles. The first-order valence-corrected chi connectivity index (χ1v) is 7.02. The summed E-state index contributed by atoms with van der Waals surface area (Å²) in [5.74, 6) is 0.963. The first-order valence-electron chi connectivity index (χ1n) is 7.02. The molecule has 0 aliphatic rings. The Bertz CT molecular complexity index is 593. The molecule has 0 saturated carbocycles. The van der Waals surface area contributed by atoms with Crippen LogP contribution in [-0.4, -0.2) is 17.0 Å². The molecule has 3 heteroatoms. The van der Waals surface area contributed by atoms with Gasteiger partial charge in [-0.25, -0.2) is 0 Å². The highest BCUT2D eigenvalue weighted by molar-refractivity contribution is 5.82. The maximum absolute atomic E-state index is 6.01. The van der Waals surface area contributed by atoms with Crippen LogP contribution in [0.2, 0.25) is 0 Å². The number of benzene rings is 1. The summed E-state index contributed by atoms with van der Waals surface area (Å²) in [6, 6.07) is 8.07. The minimum absolute atomic E-state index is 0.0546. The van der Waals surface area contributed by atoms with Crippen molar-refractivity contribution in [3.05, 3.63) is 48.2 Å². The zero-order chi connectivity index (χ0) is 14.8. The second kappa shape index (κ2) is 5.81. The molecular formula is C17H24N2O. The lowest BCUT2D eigenvalue weighted by molar-refractivity contribution is 0.135. The molecule has 108 valence electrons. The monoisotopic (exact) mass is 272 g/mol. The maximum atomic E-state index is 6.01. The number of hydrogen-bond acceptors (Lipinski definition) is 3. The number of nitrogens with two attached hydrogens (primary N) is 1. The zero-order valence-corrected chi connectivity index (χ0v) is 12.6. The van der Waals surface area contributed by atoms with E-state index >= 15 is 0 Å². The van der Waals surface area contributed by atoms with Gasteiger partial charge in [0.05, 0.1) is 6.54 Å². The van der Waals surface area contributed by atoms with Crippen LogP contribution < -0.4 is 5.73 Å². The number of hydrogen-bond donors (Lipinski definition) is 1. The number of nitrogens with zero attached hydrogens (tertiary/aromatic N) is 1. The molecule has 3 nitrogen and oxygen atoms in total. The van der Waals surface area contributed by atoms with Crippen LogP contribution >= 0.6 is 0 Å². The molecule has 0 radical (unpaired) electrons. The molecular weight excluding hydrogens is 248 g/mol. The molecule has 1 heterocycles. The summed E-state index contributed by atoms with van der Waals surface area (Å²) in [7, 11) is 0. The van der Waals surface area contributed by atoms with Crippen molar-refractivity contribution in [2.45, 2.75) is 39.4 Å². The molecule has 0 atom stereocenters. The molecule has 0 bridgehead atoms. The van der Waals surface area contributed by atoms with Crippen LogP contribution in [0.5, 0.6) is 0 Å². The molecule has 20 heavy (non-hydrogen) atoms. The zero-order valence-electron chi connectivity index (χ0n) is 12.6. The van der Waals surface area contributed by atoms with E-state index in [-0.39, 0.29) is 5.54 Å². The molecule has 0 amide bonds. The Kier molecular flexibility index (Phi) is 4.31. The van der Waals surface area contributed by atoms with Crippen molar-refractivity contribution in [1.29, 1.82) is 0 Å². The third kappa shape index (κ3) is 2.94. The van der Waals surface area contributed by atoms with Gasteiger partial charge in [-0.15, -0.1) is 6.58 Å². The van der Waals surface area contributed by atoms with Gasteiger partial charge in [-0.1, -0.05) is 24.3 Å². The van der Waals surface area contributed by atoms with Crippen LogP contribution in [0.25, 0.3) is 11.0 Å². The van der Waals surface area contributed by atoms with Gasteiger partial charge in [0.15, 0.2) is 0 Å². The van der Waals surface area contributed by atoms with Crippen molar-refractivity contribution in [2.24, 2.45) is 5.73 Å². The summed E-state index contributed by atoms with van der Waals surface area (Å²) in [6.45, 7) is 12.5. The molecule has 0 aliphatic carbocycles. The molecule has 1 aromatic carbocycles. The van der Waals surface area contributed by atoms with Gasteiger partial charge >= 0.3 is 0 Å². The van der Waals surface area contributed by atoms with Crippen molar-refractivity contribution in [3.8, 4) is 0 Å². The van der Waals surface area contributed by atoms with Gasteiger partial charge in [-0.2, -0.15) is 0 Å². The quantitative estimate of drug-likeness (QED) is 0.844. The highest BCUT2D eigenvalue weighted by Crippen LogP contribution is 2.28. The summed E-state index contributed by atoms with van der Waals surface area (Å²) < 4.78 is 6.01. The molecule has 2 N–H and O–H groups in total. The second-order valence-corrected chi connectivity index (χ2v) is 6.04. The smallest absolute Gasteiger partial charge is 0.134 e. The van der Waals surface area contributed by atoms with Crippen LogP contribution in [0, 0.1) is 0 Å². The number of rotatable bonds is 5. The predicted octanol–water partition coefficient (Wildman–Crippen LogP) is 3.68. The van der Waals surface area contributed by atoms with Crippen LogP contribution in [0.15, 0.2) is 41.3 Å². The van der Waals surface area contributed by atoms with Gasteiger partial charge in [0.2, 0.25) is 0 Å². The Morgan fingerprint density at radius 3 is 2.60 bits per heavy atom. The Balaban J connectivity index is 2.39. The van der Waals surface area contributed by atoms with E-state index in [1.54, 1.807) is 0 Å². The highest BCUT2D eigenvalue weighted by Gasteiger charge is 2.23. The van der Waals surface area contributed by atoms with Crippen LogP contribution in [-0.2, 0) is 13.1 Å². The van der Waals surface area contributed by atoms with E-state index < -0.39 is 0 Å². The fourth-order valence-corrected chi connectivity index (χ4v) is 2.41. The number of furan rings is 1. The summed E-state index contributed by atoms with van der Waals surface area (Å²) in [6.07, 6.45) is 1.93. The number of para-hydroxylation sites is 1. The molecule has 0 spiro atoms. The van der Waals surface area contributed by atoms with Crippen molar-refractivity contribution in [3.63, 3.8) is 0 Å². The van der Waals surface area contributed by atoms with Gasteiger partial charge in [0.25, 0.3) is 0 Å². The minimum Gasteiger partial charge on any atom is -0.459 e. The maximum Gasteiger partial charge on any atom is 0.134 e. The summed E-state index contributed by atoms with van der Waals surface area (Å²) in [5, 5.41) is 1.12. The van der Waals surface area contributed by atoms with E-state index in [9.17, 15) is 0 Å². The van der Waals surface area contributed by atoms with Crippen LogP contribution in [0.4, 0.5) is 0 Å². The fraction of sp³-hybridized carbons (Fsp3) is 0.412. The second-order valence-electron chi connectivity index (χ2n) is 6.04. The van der Waals surface area contributed by atoms with Crippen molar-refractivity contribution >= 4 is 11.0 Å². The van der Waals surface area contributed by atoms with Gasteiger partial charge in [0, 0.05) is 29.6 Å². The molecule has 0 fully saturated rings. The molecule has 2 rings (SSSR count). The first kappa shape index (κ1) is 14.8. The van der Waals surface area contributed by atoms with E-state index in [0.717, 1.165) is 35.4 Å². The Morgan fingerprint density at radius 1 is 1.30 bits per heavy atom. The Labute approximate surface area is 121 Å². The number of fused-ring (bicyclic) bond motifs is 1. The van der Waals surface area contributed by atoms with Gasteiger partial charge < -0.3 is 10.2 Å². The highest BCUT2D eigenvalue weighted by atomic mass is 16.3. The standard InChI is InChI=1S/C17H24N2O/c1-5-10-19(17(2,3)4)12-16-14(11-18)13-8-6-7-9-15(13)20-16/h5-9H,1,10-12,18H2,2-4H3. The van der Waals surface area contributed by atoms with Crippen LogP contribution in [0.3, 0.4) is 0 Å². The van der Waals surface area contributed by atoms with E-state index in [2.05, 4.69) is 38.3 Å². The average molecular weight is 272 g/mol. The summed E-state index contributed by atoms with van der Waals surface area (Å²) >= 11 is 0. The Hall–Kier alpha value is -1.58. The van der Waals surface area contributed by atoms with Gasteiger partial charge in [0.1, 0.15) is 11.3 Å². The third-order valence-electron chi connectivity index (χ3n) is 3.62. The topological polar surface area (TPSA) is 42.4 Å². The molecule has 0 aliphatic heterocycles. The lowest BCUT2D eigenvalue weighted by atomic mass is 10.0. The van der Waals surface area contributed by atoms with Gasteiger partial charge in [-0.3, -0.25) is 4.90 Å². The fourth-order valence-electron chi connectivity index (χ4n) is 2.41. The van der Waals surface area contributed by atoms with Crippen molar-refractivity contribution in [2.75, 3.05) is 6.54 Å². The lowest BCUT2D eigenvalue weighted by Crippen LogP contribution is -2.40. The predicted molar refractivity (Wildman–Crippen MR) is 84.5 cm³/mol. The third-order valence-corrected chi connectivity index (χ3v) is 3.62. The first-order chi connectivity index (χ1) is 9.47. The molecule has 2 aromatic rings.